The number of hydrogen-bond donors (Lipinski definition) is 2. The fourth-order valence-electron chi connectivity index (χ4n) is 4.91. The molecule has 1 saturated heterocycles. The molecule has 2 bridgehead atoms. The fourth-order valence-corrected chi connectivity index (χ4v) is 4.91. The van der Waals surface area contributed by atoms with Gasteiger partial charge >= 0.3 is 6.03 Å². The maximum atomic E-state index is 13.2. The summed E-state index contributed by atoms with van der Waals surface area (Å²) in [5.41, 5.74) is 2.00. The van der Waals surface area contributed by atoms with Crippen molar-refractivity contribution in [1.82, 2.24) is 20.1 Å². The molecule has 4 rings (SSSR count). The average molecular weight is 453 g/mol. The number of carbonyl (C=O) groups excluding carboxylic acids is 2. The smallest absolute Gasteiger partial charge is 0.318 e. The van der Waals surface area contributed by atoms with Crippen molar-refractivity contribution in [3.05, 3.63) is 70.1 Å². The van der Waals surface area contributed by atoms with E-state index in [1.165, 1.54) is 0 Å². The van der Waals surface area contributed by atoms with Crippen LogP contribution in [0.5, 0.6) is 0 Å². The molecule has 0 aliphatic carbocycles. The molecule has 3 heterocycles. The maximum Gasteiger partial charge on any atom is 0.318 e. The highest BCUT2D eigenvalue weighted by Crippen LogP contribution is 2.34. The molecule has 0 spiro atoms. The minimum atomic E-state index is -0.667. The van der Waals surface area contributed by atoms with Crippen LogP contribution in [0.4, 0.5) is 4.79 Å². The van der Waals surface area contributed by atoms with Gasteiger partial charge in [0.05, 0.1) is 0 Å². The van der Waals surface area contributed by atoms with E-state index in [1.54, 1.807) is 24.1 Å². The van der Waals surface area contributed by atoms with Crippen molar-refractivity contribution >= 4 is 11.9 Å². The fraction of sp³-hybridized carbons (Fsp3) is 0.480. The minimum Gasteiger partial charge on any atom is -0.385 e. The van der Waals surface area contributed by atoms with E-state index < -0.39 is 6.04 Å². The minimum absolute atomic E-state index is 0.0215. The summed E-state index contributed by atoms with van der Waals surface area (Å²) in [6.45, 7) is 2.81. The number of benzene rings is 1. The second-order valence-corrected chi connectivity index (χ2v) is 8.93. The van der Waals surface area contributed by atoms with Crippen LogP contribution in [0.1, 0.15) is 30.0 Å². The standard InChI is InChI=1S/C25H32N4O4/c1-33-12-6-11-26-24(31)21(14-18-7-3-2-4-8-18)27-25(32)28-15-19-13-20(17-28)22-9-5-10-23(30)29(22)16-19/h2-5,7-10,19-21H,6,11-17H2,1H3,(H,26,31)(H,27,32). The third kappa shape index (κ3) is 5.63. The molecular weight excluding hydrogens is 420 g/mol. The summed E-state index contributed by atoms with van der Waals surface area (Å²) in [6.07, 6.45) is 2.10. The molecule has 3 unspecified atom stereocenters. The van der Waals surface area contributed by atoms with Crippen LogP contribution in [-0.4, -0.2) is 60.8 Å². The lowest BCUT2D eigenvalue weighted by Crippen LogP contribution is -2.56. The van der Waals surface area contributed by atoms with Crippen molar-refractivity contribution in [2.24, 2.45) is 5.92 Å². The molecule has 1 aromatic carbocycles. The predicted molar refractivity (Wildman–Crippen MR) is 125 cm³/mol. The third-order valence-corrected chi connectivity index (χ3v) is 6.49. The topological polar surface area (TPSA) is 92.7 Å². The number of piperidine rings is 1. The molecule has 0 saturated carbocycles. The van der Waals surface area contributed by atoms with Gasteiger partial charge in [0, 0.05) is 64.0 Å². The lowest BCUT2D eigenvalue weighted by Gasteiger charge is -2.43. The number of rotatable bonds is 8. The Morgan fingerprint density at radius 3 is 2.70 bits per heavy atom. The van der Waals surface area contributed by atoms with Gasteiger partial charge in [-0.1, -0.05) is 36.4 Å². The molecule has 2 aliphatic rings. The van der Waals surface area contributed by atoms with Crippen LogP contribution in [0.3, 0.4) is 0 Å². The van der Waals surface area contributed by atoms with Crippen LogP contribution in [0, 0.1) is 5.92 Å². The van der Waals surface area contributed by atoms with Crippen molar-refractivity contribution in [1.29, 1.82) is 0 Å². The largest absolute Gasteiger partial charge is 0.385 e. The van der Waals surface area contributed by atoms with Gasteiger partial charge in [-0.15, -0.1) is 0 Å². The van der Waals surface area contributed by atoms with Gasteiger partial charge in [-0.2, -0.15) is 0 Å². The van der Waals surface area contributed by atoms with Crippen molar-refractivity contribution in [3.8, 4) is 0 Å². The first-order chi connectivity index (χ1) is 16.0. The number of aromatic nitrogens is 1. The Morgan fingerprint density at radius 2 is 1.91 bits per heavy atom. The number of hydrogen-bond acceptors (Lipinski definition) is 4. The van der Waals surface area contributed by atoms with Gasteiger partial charge in [0.25, 0.3) is 5.56 Å². The van der Waals surface area contributed by atoms with Gasteiger partial charge < -0.3 is 24.8 Å². The number of nitrogens with zero attached hydrogens (tertiary/aromatic N) is 2. The van der Waals surface area contributed by atoms with Gasteiger partial charge in [0.1, 0.15) is 6.04 Å². The van der Waals surface area contributed by atoms with Crippen LogP contribution in [0.2, 0.25) is 0 Å². The first-order valence-electron chi connectivity index (χ1n) is 11.6. The summed E-state index contributed by atoms with van der Waals surface area (Å²) in [5, 5.41) is 5.89. The quantitative estimate of drug-likeness (QED) is 0.597. The number of nitrogens with one attached hydrogen (secondary N) is 2. The Kier molecular flexibility index (Phi) is 7.44. The Bertz CT molecular complexity index is 1020. The number of carbonyl (C=O) groups is 2. The van der Waals surface area contributed by atoms with Crippen LogP contribution < -0.4 is 16.2 Å². The zero-order chi connectivity index (χ0) is 23.2. The molecule has 1 aromatic heterocycles. The second-order valence-electron chi connectivity index (χ2n) is 8.93. The summed E-state index contributed by atoms with van der Waals surface area (Å²) >= 11 is 0. The number of likely N-dealkylation sites (tertiary alicyclic amines) is 1. The molecule has 1 fully saturated rings. The predicted octanol–water partition coefficient (Wildman–Crippen LogP) is 1.74. The monoisotopic (exact) mass is 452 g/mol. The third-order valence-electron chi connectivity index (χ3n) is 6.49. The molecule has 2 N–H and O–H groups in total. The maximum absolute atomic E-state index is 13.2. The zero-order valence-corrected chi connectivity index (χ0v) is 19.0. The van der Waals surface area contributed by atoms with Gasteiger partial charge in [0.2, 0.25) is 5.91 Å². The van der Waals surface area contributed by atoms with Crippen molar-refractivity contribution < 1.29 is 14.3 Å². The highest BCUT2D eigenvalue weighted by Gasteiger charge is 2.37. The number of amides is 3. The first kappa shape index (κ1) is 23.0. The summed E-state index contributed by atoms with van der Waals surface area (Å²) < 4.78 is 6.89. The SMILES string of the molecule is COCCCNC(=O)C(Cc1ccccc1)NC(=O)N1CC2CC(C1)c1cccc(=O)n1C2. The summed E-state index contributed by atoms with van der Waals surface area (Å²) in [7, 11) is 1.63. The van der Waals surface area contributed by atoms with Crippen LogP contribution >= 0.6 is 0 Å². The van der Waals surface area contributed by atoms with Crippen molar-refractivity contribution in [3.63, 3.8) is 0 Å². The molecule has 8 nitrogen and oxygen atoms in total. The van der Waals surface area contributed by atoms with Gasteiger partial charge in [0.15, 0.2) is 0 Å². The molecule has 8 heteroatoms. The Balaban J connectivity index is 1.44. The van der Waals surface area contributed by atoms with Gasteiger partial charge in [-0.05, 0) is 30.4 Å². The van der Waals surface area contributed by atoms with Crippen molar-refractivity contribution in [2.45, 2.75) is 37.8 Å². The van der Waals surface area contributed by atoms with E-state index in [0.29, 0.717) is 45.6 Å². The number of methoxy groups -OCH3 is 1. The Labute approximate surface area is 193 Å². The van der Waals surface area contributed by atoms with Crippen LogP contribution in [0.25, 0.3) is 0 Å². The summed E-state index contributed by atoms with van der Waals surface area (Å²) in [4.78, 5) is 40.2. The molecular formula is C25H32N4O4. The highest BCUT2D eigenvalue weighted by atomic mass is 16.5. The van der Waals surface area contributed by atoms with Gasteiger partial charge in [-0.3, -0.25) is 9.59 Å². The molecule has 3 amide bonds. The number of fused-ring (bicyclic) bond motifs is 4. The molecule has 33 heavy (non-hydrogen) atoms. The van der Waals surface area contributed by atoms with E-state index in [1.807, 2.05) is 41.0 Å². The van der Waals surface area contributed by atoms with E-state index >= 15 is 0 Å². The second kappa shape index (κ2) is 10.7. The summed E-state index contributed by atoms with van der Waals surface area (Å²) in [6, 6.07) is 14.2. The summed E-state index contributed by atoms with van der Waals surface area (Å²) in [5.74, 6) is 0.169. The highest BCUT2D eigenvalue weighted by molar-refractivity contribution is 5.87. The lowest BCUT2D eigenvalue weighted by atomic mass is 9.83. The zero-order valence-electron chi connectivity index (χ0n) is 19.0. The average Bonchev–Trinajstić information content (AvgIpc) is 2.82. The van der Waals surface area contributed by atoms with Crippen LogP contribution in [-0.2, 0) is 22.5 Å². The van der Waals surface area contributed by atoms with E-state index in [0.717, 1.165) is 17.7 Å². The Hall–Kier alpha value is -3.13. The first-order valence-corrected chi connectivity index (χ1v) is 11.6. The molecule has 2 aliphatic heterocycles. The van der Waals surface area contributed by atoms with Crippen LogP contribution in [0.15, 0.2) is 53.3 Å². The molecule has 3 atom stereocenters. The number of ether oxygens (including phenoxy) is 1. The van der Waals surface area contributed by atoms with E-state index in [2.05, 4.69) is 10.6 Å². The normalized spacial score (nSPS) is 20.0. The Morgan fingerprint density at radius 1 is 1.09 bits per heavy atom. The lowest BCUT2D eigenvalue weighted by molar-refractivity contribution is -0.123. The number of urea groups is 1. The molecule has 0 radical (unpaired) electrons. The van der Waals surface area contributed by atoms with Gasteiger partial charge in [-0.25, -0.2) is 4.79 Å². The van der Waals surface area contributed by atoms with Crippen molar-refractivity contribution in [2.75, 3.05) is 33.4 Å². The molecule has 2 aromatic rings. The number of pyridine rings is 1. The van der Waals surface area contributed by atoms with E-state index in [4.69, 9.17) is 4.74 Å². The van der Waals surface area contributed by atoms with E-state index in [-0.39, 0.29) is 29.3 Å². The molecule has 176 valence electrons. The van der Waals surface area contributed by atoms with E-state index in [9.17, 15) is 14.4 Å².